The first-order valence-electron chi connectivity index (χ1n) is 8.03. The predicted octanol–water partition coefficient (Wildman–Crippen LogP) is 0.802. The molecule has 0 radical (unpaired) electrons. The maximum atomic E-state index is 12.3. The van der Waals surface area contributed by atoms with Gasteiger partial charge < -0.3 is 24.8 Å². The van der Waals surface area contributed by atoms with E-state index in [4.69, 9.17) is 4.74 Å². The monoisotopic (exact) mass is 345 g/mol. The molecular weight excluding hydrogens is 326 g/mol. The zero-order valence-electron chi connectivity index (χ0n) is 13.8. The number of nitrogens with zero attached hydrogens (tertiary/aromatic N) is 3. The van der Waals surface area contributed by atoms with Gasteiger partial charge in [-0.15, -0.1) is 0 Å². The van der Waals surface area contributed by atoms with Crippen LogP contribution >= 0.6 is 0 Å². The van der Waals surface area contributed by atoms with Crippen LogP contribution in [0, 0.1) is 0 Å². The summed E-state index contributed by atoms with van der Waals surface area (Å²) in [6.07, 6.45) is 1.16. The van der Waals surface area contributed by atoms with Crippen molar-refractivity contribution < 1.29 is 19.1 Å². The van der Waals surface area contributed by atoms with Crippen molar-refractivity contribution in [2.24, 2.45) is 0 Å². The van der Waals surface area contributed by atoms with Crippen molar-refractivity contribution in [3.8, 4) is 0 Å². The van der Waals surface area contributed by atoms with Crippen molar-refractivity contribution >= 4 is 34.6 Å². The molecule has 0 aliphatic carbocycles. The molecule has 1 aromatic heterocycles. The zero-order valence-corrected chi connectivity index (χ0v) is 13.8. The lowest BCUT2D eigenvalue weighted by molar-refractivity contribution is -0.144. The number of benzene rings is 1. The fraction of sp³-hybridized carbons (Fsp3) is 0.375. The van der Waals surface area contributed by atoms with Crippen LogP contribution in [0.3, 0.4) is 0 Å². The minimum atomic E-state index is -0.705. The number of fused-ring (bicyclic) bond motifs is 1. The summed E-state index contributed by atoms with van der Waals surface area (Å²) < 4.78 is 4.93. The van der Waals surface area contributed by atoms with Gasteiger partial charge in [-0.05, 0) is 25.1 Å². The van der Waals surface area contributed by atoms with E-state index < -0.39 is 17.9 Å². The lowest BCUT2D eigenvalue weighted by Crippen LogP contribution is -2.53. The summed E-state index contributed by atoms with van der Waals surface area (Å²) in [6, 6.07) is 5.16. The second-order valence-corrected chi connectivity index (χ2v) is 5.57. The number of aromatic amines is 1. The highest BCUT2D eigenvalue weighted by molar-refractivity contribution is 6.39. The van der Waals surface area contributed by atoms with Gasteiger partial charge in [0.05, 0.1) is 24.0 Å². The van der Waals surface area contributed by atoms with Gasteiger partial charge in [0, 0.05) is 31.9 Å². The van der Waals surface area contributed by atoms with E-state index in [0.717, 1.165) is 11.0 Å². The number of anilines is 1. The van der Waals surface area contributed by atoms with E-state index in [0.29, 0.717) is 38.5 Å². The SMILES string of the molecule is CCOC(=O)N1CCN(C(=O)C(=O)Nc2ccc3nc[nH]c3c2)CC1. The average molecular weight is 345 g/mol. The van der Waals surface area contributed by atoms with Crippen LogP contribution in [0.25, 0.3) is 11.0 Å². The summed E-state index contributed by atoms with van der Waals surface area (Å²) in [5.74, 6) is -1.32. The largest absolute Gasteiger partial charge is 0.450 e. The number of amides is 3. The first-order valence-corrected chi connectivity index (χ1v) is 8.03. The molecule has 1 aliphatic heterocycles. The molecule has 2 N–H and O–H groups in total. The Hall–Kier alpha value is -3.10. The van der Waals surface area contributed by atoms with Crippen molar-refractivity contribution in [1.82, 2.24) is 19.8 Å². The van der Waals surface area contributed by atoms with Gasteiger partial charge in [-0.2, -0.15) is 0 Å². The normalized spacial score (nSPS) is 14.4. The minimum Gasteiger partial charge on any atom is -0.450 e. The Bertz CT molecular complexity index is 795. The van der Waals surface area contributed by atoms with Gasteiger partial charge in [0.2, 0.25) is 0 Å². The third kappa shape index (κ3) is 3.70. The van der Waals surface area contributed by atoms with Gasteiger partial charge in [-0.25, -0.2) is 9.78 Å². The molecule has 1 aromatic carbocycles. The predicted molar refractivity (Wildman–Crippen MR) is 89.9 cm³/mol. The molecule has 0 spiro atoms. The van der Waals surface area contributed by atoms with Crippen LogP contribution in [0.2, 0.25) is 0 Å². The number of aromatic nitrogens is 2. The highest BCUT2D eigenvalue weighted by Crippen LogP contribution is 2.16. The van der Waals surface area contributed by atoms with E-state index in [1.807, 2.05) is 0 Å². The fourth-order valence-electron chi connectivity index (χ4n) is 2.65. The van der Waals surface area contributed by atoms with Crippen LogP contribution in [-0.4, -0.2) is 70.5 Å². The minimum absolute atomic E-state index is 0.296. The van der Waals surface area contributed by atoms with Gasteiger partial charge in [0.25, 0.3) is 0 Å². The van der Waals surface area contributed by atoms with Crippen molar-refractivity contribution in [2.45, 2.75) is 6.92 Å². The molecule has 9 heteroatoms. The number of carbonyl (C=O) groups excluding carboxylic acids is 3. The van der Waals surface area contributed by atoms with Gasteiger partial charge in [-0.1, -0.05) is 0 Å². The first-order chi connectivity index (χ1) is 12.1. The smallest absolute Gasteiger partial charge is 0.409 e. The maximum absolute atomic E-state index is 12.3. The molecule has 0 saturated carbocycles. The molecule has 1 aliphatic rings. The molecule has 2 aromatic rings. The molecule has 2 heterocycles. The maximum Gasteiger partial charge on any atom is 0.409 e. The summed E-state index contributed by atoms with van der Waals surface area (Å²) in [5, 5.41) is 2.59. The first kappa shape index (κ1) is 16.7. The summed E-state index contributed by atoms with van der Waals surface area (Å²) in [6.45, 7) is 3.33. The third-order valence-electron chi connectivity index (χ3n) is 3.97. The number of hydrogen-bond acceptors (Lipinski definition) is 5. The molecular formula is C16H19N5O4. The van der Waals surface area contributed by atoms with E-state index in [9.17, 15) is 14.4 Å². The Morgan fingerprint density at radius 3 is 2.64 bits per heavy atom. The van der Waals surface area contributed by atoms with E-state index in [2.05, 4.69) is 15.3 Å². The molecule has 0 bridgehead atoms. The molecule has 3 rings (SSSR count). The Kier molecular flexibility index (Phi) is 4.82. The van der Waals surface area contributed by atoms with E-state index in [1.54, 1.807) is 31.5 Å². The number of imidazole rings is 1. The molecule has 9 nitrogen and oxygen atoms in total. The number of hydrogen-bond donors (Lipinski definition) is 2. The van der Waals surface area contributed by atoms with Gasteiger partial charge >= 0.3 is 17.9 Å². The fourth-order valence-corrected chi connectivity index (χ4v) is 2.65. The second kappa shape index (κ2) is 7.20. The quantitative estimate of drug-likeness (QED) is 0.783. The van der Waals surface area contributed by atoms with Gasteiger partial charge in [-0.3, -0.25) is 9.59 Å². The summed E-state index contributed by atoms with van der Waals surface area (Å²) >= 11 is 0. The van der Waals surface area contributed by atoms with Gasteiger partial charge in [0.1, 0.15) is 0 Å². The zero-order chi connectivity index (χ0) is 17.8. The van der Waals surface area contributed by atoms with Gasteiger partial charge in [0.15, 0.2) is 0 Å². The summed E-state index contributed by atoms with van der Waals surface area (Å²) in [5.41, 5.74) is 2.06. The number of piperazine rings is 1. The van der Waals surface area contributed by atoms with Crippen LogP contribution in [0.15, 0.2) is 24.5 Å². The van der Waals surface area contributed by atoms with E-state index in [1.165, 1.54) is 9.80 Å². The molecule has 25 heavy (non-hydrogen) atoms. The molecule has 1 fully saturated rings. The Balaban J connectivity index is 1.56. The van der Waals surface area contributed by atoms with Crippen molar-refractivity contribution in [1.29, 1.82) is 0 Å². The summed E-state index contributed by atoms with van der Waals surface area (Å²) in [7, 11) is 0. The van der Waals surface area contributed by atoms with Crippen LogP contribution in [0.5, 0.6) is 0 Å². The van der Waals surface area contributed by atoms with Crippen LogP contribution in [-0.2, 0) is 14.3 Å². The van der Waals surface area contributed by atoms with Crippen molar-refractivity contribution in [3.05, 3.63) is 24.5 Å². The number of ether oxygens (including phenoxy) is 1. The Morgan fingerprint density at radius 2 is 1.92 bits per heavy atom. The lowest BCUT2D eigenvalue weighted by Gasteiger charge is -2.33. The molecule has 0 atom stereocenters. The molecule has 132 valence electrons. The Labute approximate surface area is 143 Å². The molecule has 3 amide bonds. The van der Waals surface area contributed by atoms with Crippen LogP contribution < -0.4 is 5.32 Å². The van der Waals surface area contributed by atoms with Crippen LogP contribution in [0.4, 0.5) is 10.5 Å². The second-order valence-electron chi connectivity index (χ2n) is 5.57. The highest BCUT2D eigenvalue weighted by Gasteiger charge is 2.28. The Morgan fingerprint density at radius 1 is 1.20 bits per heavy atom. The molecule has 1 saturated heterocycles. The number of rotatable bonds is 2. The number of nitrogens with one attached hydrogen (secondary N) is 2. The number of H-pyrrole nitrogens is 1. The van der Waals surface area contributed by atoms with Crippen molar-refractivity contribution in [2.75, 3.05) is 38.1 Å². The molecule has 0 unspecified atom stereocenters. The standard InChI is InChI=1S/C16H19N5O4/c1-2-25-16(24)21-7-5-20(6-8-21)15(23)14(22)19-11-3-4-12-13(9-11)18-10-17-12/h3-4,9-10H,2,5-8H2,1H3,(H,17,18)(H,19,22). The van der Waals surface area contributed by atoms with Crippen LogP contribution in [0.1, 0.15) is 6.92 Å². The number of carbonyl (C=O) groups is 3. The highest BCUT2D eigenvalue weighted by atomic mass is 16.6. The lowest BCUT2D eigenvalue weighted by atomic mass is 10.2. The topological polar surface area (TPSA) is 108 Å². The average Bonchev–Trinajstić information content (AvgIpc) is 3.09. The third-order valence-corrected chi connectivity index (χ3v) is 3.97. The van der Waals surface area contributed by atoms with Crippen molar-refractivity contribution in [3.63, 3.8) is 0 Å². The summed E-state index contributed by atoms with van der Waals surface area (Å²) in [4.78, 5) is 46.1. The van der Waals surface area contributed by atoms with E-state index in [-0.39, 0.29) is 0 Å². The van der Waals surface area contributed by atoms with E-state index >= 15 is 0 Å².